The molecule has 0 fully saturated rings. The quantitative estimate of drug-likeness (QED) is 0.566. The third kappa shape index (κ3) is 4.65. The summed E-state index contributed by atoms with van der Waals surface area (Å²) in [5.74, 6) is 1.07. The van der Waals surface area contributed by atoms with Crippen LogP contribution in [0.4, 0.5) is 0 Å². The molecular formula is C16H24NO4P. The first-order chi connectivity index (χ1) is 10.3. The van der Waals surface area contributed by atoms with Gasteiger partial charge in [-0.1, -0.05) is 27.0 Å². The Morgan fingerprint density at radius 1 is 1.05 bits per heavy atom. The molecule has 0 aliphatic carbocycles. The van der Waals surface area contributed by atoms with Crippen molar-refractivity contribution in [3.8, 4) is 23.0 Å². The van der Waals surface area contributed by atoms with Crippen LogP contribution in [0.2, 0.25) is 0 Å². The number of nitrogens with zero attached hydrogens (tertiary/aromatic N) is 1. The van der Waals surface area contributed by atoms with E-state index >= 15 is 0 Å². The predicted molar refractivity (Wildman–Crippen MR) is 91.5 cm³/mol. The third-order valence-corrected chi connectivity index (χ3v) is 4.45. The first-order valence-corrected chi connectivity index (χ1v) is 8.02. The fourth-order valence-corrected chi connectivity index (χ4v) is 2.88. The maximum atomic E-state index is 10.4. The molecule has 0 radical (unpaired) electrons. The van der Waals surface area contributed by atoms with Gasteiger partial charge in [0.1, 0.15) is 0 Å². The minimum absolute atomic E-state index is 0.0933. The Morgan fingerprint density at radius 3 is 1.77 bits per heavy atom. The van der Waals surface area contributed by atoms with E-state index in [1.807, 2.05) is 13.8 Å². The fourth-order valence-electron chi connectivity index (χ4n) is 1.79. The second kappa shape index (κ2) is 8.06. The van der Waals surface area contributed by atoms with E-state index in [9.17, 15) is 10.2 Å². The zero-order valence-electron chi connectivity index (χ0n) is 13.6. The molecule has 22 heavy (non-hydrogen) atoms. The molecule has 0 heterocycles. The molecular weight excluding hydrogens is 301 g/mol. The van der Waals surface area contributed by atoms with Crippen LogP contribution in [0.5, 0.6) is 23.0 Å². The summed E-state index contributed by atoms with van der Waals surface area (Å²) in [6.07, 6.45) is 0. The van der Waals surface area contributed by atoms with Gasteiger partial charge in [0.05, 0.1) is 16.8 Å². The molecule has 2 N–H and O–H groups in total. The maximum absolute atomic E-state index is 10.4. The van der Waals surface area contributed by atoms with Gasteiger partial charge in [0.15, 0.2) is 23.0 Å². The van der Waals surface area contributed by atoms with E-state index in [4.69, 9.17) is 9.47 Å². The largest absolute Gasteiger partial charge is 0.504 e. The van der Waals surface area contributed by atoms with Gasteiger partial charge in [0, 0.05) is 6.07 Å². The normalized spacial score (nSPS) is 11.1. The first kappa shape index (κ1) is 18.3. The number of hydrogen-bond donors (Lipinski definition) is 2. The number of benzene rings is 1. The van der Waals surface area contributed by atoms with Gasteiger partial charge in [-0.2, -0.15) is 0 Å². The number of phenolic OH excluding ortho intramolecular Hbond substituents is 2. The van der Waals surface area contributed by atoms with Crippen LogP contribution in [0.15, 0.2) is 30.7 Å². The average Bonchev–Trinajstić information content (AvgIpc) is 2.43. The molecule has 1 rings (SSSR count). The molecule has 1 aromatic carbocycles. The van der Waals surface area contributed by atoms with Crippen molar-refractivity contribution in [1.82, 2.24) is 4.67 Å². The van der Waals surface area contributed by atoms with Crippen LogP contribution in [0.3, 0.4) is 0 Å². The van der Waals surface area contributed by atoms with Gasteiger partial charge in [-0.05, 0) is 35.7 Å². The van der Waals surface area contributed by atoms with Crippen molar-refractivity contribution in [2.45, 2.75) is 27.7 Å². The zero-order valence-corrected chi connectivity index (χ0v) is 14.6. The topological polar surface area (TPSA) is 62.2 Å². The van der Waals surface area contributed by atoms with Crippen LogP contribution in [0, 0.1) is 0 Å². The molecule has 1 atom stereocenters. The van der Waals surface area contributed by atoms with E-state index in [0.717, 1.165) is 13.1 Å². The van der Waals surface area contributed by atoms with Crippen molar-refractivity contribution in [3.05, 3.63) is 30.7 Å². The smallest absolute Gasteiger partial charge is 0.173 e. The summed E-state index contributed by atoms with van der Waals surface area (Å²) in [6.45, 7) is 16.3. The summed E-state index contributed by atoms with van der Waals surface area (Å²) >= 11 is 0. The molecule has 0 aromatic heterocycles. The van der Waals surface area contributed by atoms with E-state index in [0.29, 0.717) is 16.8 Å². The van der Waals surface area contributed by atoms with Gasteiger partial charge in [-0.15, -0.1) is 0 Å². The molecule has 0 aliphatic heterocycles. The molecule has 0 saturated carbocycles. The summed E-state index contributed by atoms with van der Waals surface area (Å²) < 4.78 is 13.0. The zero-order chi connectivity index (χ0) is 16.9. The average molecular weight is 325 g/mol. The van der Waals surface area contributed by atoms with Gasteiger partial charge >= 0.3 is 0 Å². The van der Waals surface area contributed by atoms with Crippen LogP contribution < -0.4 is 14.8 Å². The standard InChI is InChI=1S/C16H24NO4P/c1-7-17(8-2)22-16-14(18)12(20-10(3)4)9-13(15(16)19)21-11(5)6/h9,18-19,22H,3,5,7-8H2,1-2,4,6H3. The first-order valence-electron chi connectivity index (χ1n) is 7.07. The third-order valence-electron chi connectivity index (χ3n) is 2.80. The summed E-state index contributed by atoms with van der Waals surface area (Å²) in [5, 5.41) is 21.2. The SMILES string of the molecule is C=C(C)Oc1cc(OC(=C)C)c(O)c(PN(CC)CC)c1O. The van der Waals surface area contributed by atoms with E-state index in [1.165, 1.54) is 6.07 Å². The molecule has 1 unspecified atom stereocenters. The van der Waals surface area contributed by atoms with Gasteiger partial charge < -0.3 is 19.7 Å². The molecule has 0 spiro atoms. The van der Waals surface area contributed by atoms with Gasteiger partial charge in [0.2, 0.25) is 0 Å². The molecule has 0 bridgehead atoms. The van der Waals surface area contributed by atoms with Gasteiger partial charge in [-0.3, -0.25) is 4.67 Å². The lowest BCUT2D eigenvalue weighted by atomic mass is 10.2. The van der Waals surface area contributed by atoms with E-state index in [1.54, 1.807) is 13.8 Å². The van der Waals surface area contributed by atoms with E-state index in [2.05, 4.69) is 17.8 Å². The van der Waals surface area contributed by atoms with Crippen molar-refractivity contribution in [3.63, 3.8) is 0 Å². The number of ether oxygens (including phenoxy) is 2. The Morgan fingerprint density at radius 2 is 1.45 bits per heavy atom. The predicted octanol–water partition coefficient (Wildman–Crippen LogP) is 3.48. The van der Waals surface area contributed by atoms with Crippen LogP contribution in [0.1, 0.15) is 27.7 Å². The minimum atomic E-state index is -0.0974. The number of hydrogen-bond acceptors (Lipinski definition) is 5. The lowest BCUT2D eigenvalue weighted by Gasteiger charge is -2.21. The van der Waals surface area contributed by atoms with Crippen LogP contribution in [-0.4, -0.2) is 28.0 Å². The number of rotatable bonds is 8. The molecule has 1 aromatic rings. The molecule has 5 nitrogen and oxygen atoms in total. The second-order valence-electron chi connectivity index (χ2n) is 4.84. The Balaban J connectivity index is 3.36. The van der Waals surface area contributed by atoms with Crippen molar-refractivity contribution in [1.29, 1.82) is 0 Å². The van der Waals surface area contributed by atoms with Gasteiger partial charge in [0.25, 0.3) is 0 Å². The molecule has 0 amide bonds. The summed E-state index contributed by atoms with van der Waals surface area (Å²) in [7, 11) is 0.0933. The molecule has 122 valence electrons. The fraction of sp³-hybridized carbons (Fsp3) is 0.375. The summed E-state index contributed by atoms with van der Waals surface area (Å²) in [5.41, 5.74) is 0. The lowest BCUT2D eigenvalue weighted by Crippen LogP contribution is -2.17. The number of allylic oxidation sites excluding steroid dienone is 2. The van der Waals surface area contributed by atoms with Crippen molar-refractivity contribution in [2.24, 2.45) is 0 Å². The van der Waals surface area contributed by atoms with Gasteiger partial charge in [-0.25, -0.2) is 0 Å². The van der Waals surface area contributed by atoms with Crippen LogP contribution >= 0.6 is 8.73 Å². The molecule has 0 aliphatic rings. The second-order valence-corrected chi connectivity index (χ2v) is 6.19. The Hall–Kier alpha value is -1.71. The highest BCUT2D eigenvalue weighted by atomic mass is 31.1. The summed E-state index contributed by atoms with van der Waals surface area (Å²) in [6, 6.07) is 1.43. The van der Waals surface area contributed by atoms with Crippen molar-refractivity contribution < 1.29 is 19.7 Å². The Bertz CT molecular complexity index is 528. The lowest BCUT2D eigenvalue weighted by molar-refractivity contribution is 0.360. The van der Waals surface area contributed by atoms with Crippen molar-refractivity contribution >= 4 is 14.0 Å². The van der Waals surface area contributed by atoms with E-state index in [-0.39, 0.29) is 31.7 Å². The highest BCUT2D eigenvalue weighted by Crippen LogP contribution is 2.42. The van der Waals surface area contributed by atoms with E-state index < -0.39 is 0 Å². The summed E-state index contributed by atoms with van der Waals surface area (Å²) in [4.78, 5) is 0. The minimum Gasteiger partial charge on any atom is -0.504 e. The molecule has 0 saturated heterocycles. The Labute approximate surface area is 133 Å². The van der Waals surface area contributed by atoms with Crippen molar-refractivity contribution in [2.75, 3.05) is 13.1 Å². The highest BCUT2D eigenvalue weighted by Gasteiger charge is 2.21. The van der Waals surface area contributed by atoms with Crippen LogP contribution in [0.25, 0.3) is 0 Å². The van der Waals surface area contributed by atoms with Crippen LogP contribution in [-0.2, 0) is 0 Å². The maximum Gasteiger partial charge on any atom is 0.173 e. The number of aromatic hydroxyl groups is 2. The Kier molecular flexibility index (Phi) is 6.72. The monoisotopic (exact) mass is 325 g/mol. The molecule has 6 heteroatoms. The highest BCUT2D eigenvalue weighted by molar-refractivity contribution is 7.45. The number of phenols is 2.